The van der Waals surface area contributed by atoms with Crippen LogP contribution in [0.5, 0.6) is 0 Å². The van der Waals surface area contributed by atoms with E-state index in [2.05, 4.69) is 23.6 Å². The molecular formula is C21H26N4O. The first-order valence-electron chi connectivity index (χ1n) is 9.10. The van der Waals surface area contributed by atoms with Crippen molar-refractivity contribution < 1.29 is 4.79 Å². The van der Waals surface area contributed by atoms with Gasteiger partial charge in [-0.3, -0.25) is 4.79 Å². The van der Waals surface area contributed by atoms with Crippen LogP contribution in [0.2, 0.25) is 0 Å². The van der Waals surface area contributed by atoms with Gasteiger partial charge in [-0.2, -0.15) is 0 Å². The van der Waals surface area contributed by atoms with Gasteiger partial charge in [0.2, 0.25) is 0 Å². The summed E-state index contributed by atoms with van der Waals surface area (Å²) in [4.78, 5) is 19.6. The van der Waals surface area contributed by atoms with Crippen LogP contribution >= 0.6 is 0 Å². The Bertz CT molecular complexity index is 920. The highest BCUT2D eigenvalue weighted by molar-refractivity contribution is 6.14. The van der Waals surface area contributed by atoms with Crippen LogP contribution in [0.1, 0.15) is 23.7 Å². The number of carbonyl (C=O) groups is 1. The van der Waals surface area contributed by atoms with E-state index in [1.807, 2.05) is 55.4 Å². The second-order valence-corrected chi connectivity index (χ2v) is 6.69. The Morgan fingerprint density at radius 2 is 1.81 bits per heavy atom. The number of aromatic nitrogens is 1. The van der Waals surface area contributed by atoms with Crippen LogP contribution in [0.25, 0.3) is 21.8 Å². The molecule has 0 saturated heterocycles. The summed E-state index contributed by atoms with van der Waals surface area (Å²) >= 11 is 0. The van der Waals surface area contributed by atoms with Crippen molar-refractivity contribution in [3.05, 3.63) is 48.0 Å². The fourth-order valence-corrected chi connectivity index (χ4v) is 3.03. The van der Waals surface area contributed by atoms with E-state index in [-0.39, 0.29) is 5.91 Å². The van der Waals surface area contributed by atoms with Gasteiger partial charge in [0, 0.05) is 30.4 Å². The lowest BCUT2D eigenvalue weighted by Gasteiger charge is -2.15. The molecule has 3 rings (SSSR count). The number of fused-ring (bicyclic) bond motifs is 2. The lowest BCUT2D eigenvalue weighted by atomic mass is 10.0. The molecule has 0 saturated carbocycles. The zero-order valence-corrected chi connectivity index (χ0v) is 15.7. The lowest BCUT2D eigenvalue weighted by molar-refractivity contribution is 0.0952. The van der Waals surface area contributed by atoms with Crippen LogP contribution in [-0.4, -0.2) is 49.5 Å². The molecule has 0 aliphatic rings. The van der Waals surface area contributed by atoms with Gasteiger partial charge in [-0.1, -0.05) is 37.3 Å². The van der Waals surface area contributed by atoms with Gasteiger partial charge < -0.3 is 15.5 Å². The third kappa shape index (κ3) is 3.78. The highest BCUT2D eigenvalue weighted by Gasteiger charge is 2.15. The molecule has 0 unspecified atom stereocenters. The first kappa shape index (κ1) is 18.1. The van der Waals surface area contributed by atoms with Crippen molar-refractivity contribution in [3.8, 4) is 0 Å². The molecule has 0 fully saturated rings. The third-order valence-corrected chi connectivity index (χ3v) is 4.35. The maximum Gasteiger partial charge on any atom is 0.253 e. The summed E-state index contributed by atoms with van der Waals surface area (Å²) in [7, 11) is 3.98. The smallest absolute Gasteiger partial charge is 0.253 e. The Morgan fingerprint density at radius 1 is 1.04 bits per heavy atom. The van der Waals surface area contributed by atoms with Crippen LogP contribution in [0.3, 0.4) is 0 Å². The summed E-state index contributed by atoms with van der Waals surface area (Å²) in [6.45, 7) is 4.43. The van der Waals surface area contributed by atoms with Crippen LogP contribution in [-0.2, 0) is 0 Å². The Balaban J connectivity index is 2.08. The number of hydrogen-bond donors (Lipinski definition) is 2. The quantitative estimate of drug-likeness (QED) is 0.640. The number of nitrogens with zero attached hydrogens (tertiary/aromatic N) is 2. The Labute approximate surface area is 154 Å². The summed E-state index contributed by atoms with van der Waals surface area (Å²) in [5, 5.41) is 8.58. The molecule has 3 aromatic rings. The number of nitrogens with one attached hydrogen (secondary N) is 2. The van der Waals surface area contributed by atoms with Crippen molar-refractivity contribution >= 4 is 33.4 Å². The number of carbonyl (C=O) groups excluding carboxylic acids is 1. The molecular weight excluding hydrogens is 324 g/mol. The maximum atomic E-state index is 12.7. The Kier molecular flexibility index (Phi) is 5.68. The van der Waals surface area contributed by atoms with E-state index in [0.717, 1.165) is 47.0 Å². The predicted molar refractivity (Wildman–Crippen MR) is 109 cm³/mol. The van der Waals surface area contributed by atoms with Crippen molar-refractivity contribution in [2.24, 2.45) is 0 Å². The molecule has 1 aromatic heterocycles. The number of likely N-dealkylation sites (N-methyl/N-ethyl adjacent to an activating group) is 1. The molecule has 0 bridgehead atoms. The number of pyridine rings is 1. The zero-order chi connectivity index (χ0) is 18.5. The van der Waals surface area contributed by atoms with Crippen LogP contribution in [0.4, 0.5) is 5.69 Å². The molecule has 0 radical (unpaired) electrons. The van der Waals surface area contributed by atoms with Gasteiger partial charge in [-0.25, -0.2) is 4.98 Å². The topological polar surface area (TPSA) is 57.3 Å². The van der Waals surface area contributed by atoms with Gasteiger partial charge >= 0.3 is 0 Å². The Hall–Kier alpha value is -2.66. The van der Waals surface area contributed by atoms with Gasteiger partial charge in [0.05, 0.1) is 22.3 Å². The monoisotopic (exact) mass is 350 g/mol. The molecule has 0 spiro atoms. The minimum atomic E-state index is -0.0818. The summed E-state index contributed by atoms with van der Waals surface area (Å²) in [6, 6.07) is 13.9. The molecule has 1 amide bonds. The van der Waals surface area contributed by atoms with Gasteiger partial charge in [-0.05, 0) is 32.6 Å². The molecule has 5 nitrogen and oxygen atoms in total. The molecule has 1 heterocycles. The standard InChI is InChI=1S/C21H26N4O/c1-4-12-22-19-15-8-5-6-11-18(15)24-20-16(19)9-7-10-17(20)21(26)23-13-14-25(2)3/h5-11H,4,12-14H2,1-3H3,(H,22,24)(H,23,26). The largest absolute Gasteiger partial charge is 0.384 e. The fraction of sp³-hybridized carbons (Fsp3) is 0.333. The molecule has 26 heavy (non-hydrogen) atoms. The molecule has 0 aliphatic heterocycles. The zero-order valence-electron chi connectivity index (χ0n) is 15.7. The molecule has 136 valence electrons. The molecule has 0 aliphatic carbocycles. The SMILES string of the molecule is CCCNc1c2ccccc2nc2c(C(=O)NCCN(C)C)cccc12. The second kappa shape index (κ2) is 8.15. The van der Waals surface area contributed by atoms with E-state index in [1.165, 1.54) is 0 Å². The first-order valence-corrected chi connectivity index (χ1v) is 9.10. The van der Waals surface area contributed by atoms with Crippen molar-refractivity contribution in [2.75, 3.05) is 39.0 Å². The van der Waals surface area contributed by atoms with Crippen molar-refractivity contribution in [1.29, 1.82) is 0 Å². The van der Waals surface area contributed by atoms with E-state index in [1.54, 1.807) is 0 Å². The van der Waals surface area contributed by atoms with Gasteiger partial charge in [0.1, 0.15) is 0 Å². The third-order valence-electron chi connectivity index (χ3n) is 4.35. The van der Waals surface area contributed by atoms with Crippen molar-refractivity contribution in [2.45, 2.75) is 13.3 Å². The number of para-hydroxylation sites is 2. The van der Waals surface area contributed by atoms with E-state index in [9.17, 15) is 4.79 Å². The number of rotatable bonds is 7. The number of anilines is 1. The molecule has 2 aromatic carbocycles. The average molecular weight is 350 g/mol. The number of amides is 1. The Morgan fingerprint density at radius 3 is 2.58 bits per heavy atom. The highest BCUT2D eigenvalue weighted by atomic mass is 16.1. The fourth-order valence-electron chi connectivity index (χ4n) is 3.03. The molecule has 0 atom stereocenters. The lowest BCUT2D eigenvalue weighted by Crippen LogP contribution is -2.31. The summed E-state index contributed by atoms with van der Waals surface area (Å²) in [5.74, 6) is -0.0818. The molecule has 2 N–H and O–H groups in total. The van der Waals surface area contributed by atoms with Crippen molar-refractivity contribution in [1.82, 2.24) is 15.2 Å². The van der Waals surface area contributed by atoms with Crippen LogP contribution < -0.4 is 10.6 Å². The predicted octanol–water partition coefficient (Wildman–Crippen LogP) is 3.50. The van der Waals surface area contributed by atoms with E-state index in [0.29, 0.717) is 12.1 Å². The van der Waals surface area contributed by atoms with Gasteiger partial charge in [0.25, 0.3) is 5.91 Å². The van der Waals surface area contributed by atoms with Gasteiger partial charge in [-0.15, -0.1) is 0 Å². The minimum absolute atomic E-state index is 0.0818. The normalized spacial score (nSPS) is 11.2. The molecule has 5 heteroatoms. The van der Waals surface area contributed by atoms with Crippen LogP contribution in [0, 0.1) is 0 Å². The minimum Gasteiger partial charge on any atom is -0.384 e. The van der Waals surface area contributed by atoms with E-state index in [4.69, 9.17) is 4.98 Å². The van der Waals surface area contributed by atoms with Crippen LogP contribution in [0.15, 0.2) is 42.5 Å². The highest BCUT2D eigenvalue weighted by Crippen LogP contribution is 2.32. The summed E-state index contributed by atoms with van der Waals surface area (Å²) in [6.07, 6.45) is 1.03. The van der Waals surface area contributed by atoms with E-state index < -0.39 is 0 Å². The average Bonchev–Trinajstić information content (AvgIpc) is 2.64. The maximum absolute atomic E-state index is 12.7. The number of benzene rings is 2. The summed E-state index contributed by atoms with van der Waals surface area (Å²) in [5.41, 5.74) is 3.31. The number of hydrogen-bond acceptors (Lipinski definition) is 4. The van der Waals surface area contributed by atoms with Gasteiger partial charge in [0.15, 0.2) is 0 Å². The first-order chi connectivity index (χ1) is 12.6. The second-order valence-electron chi connectivity index (χ2n) is 6.69. The van der Waals surface area contributed by atoms with E-state index >= 15 is 0 Å². The summed E-state index contributed by atoms with van der Waals surface area (Å²) < 4.78 is 0. The van der Waals surface area contributed by atoms with Crippen molar-refractivity contribution in [3.63, 3.8) is 0 Å².